The first kappa shape index (κ1) is 21.1. The second kappa shape index (κ2) is 8.92. The van der Waals surface area contributed by atoms with E-state index in [1.807, 2.05) is 41.0 Å². The van der Waals surface area contributed by atoms with Crippen LogP contribution in [-0.4, -0.2) is 22.1 Å². The van der Waals surface area contributed by atoms with Gasteiger partial charge in [-0.2, -0.15) is 0 Å². The first-order chi connectivity index (χ1) is 15.0. The van der Waals surface area contributed by atoms with Crippen LogP contribution < -0.4 is 5.43 Å². The van der Waals surface area contributed by atoms with Crippen LogP contribution in [0.4, 0.5) is 0 Å². The van der Waals surface area contributed by atoms with Crippen molar-refractivity contribution in [3.8, 4) is 11.1 Å². The Kier molecular flexibility index (Phi) is 6.07. The van der Waals surface area contributed by atoms with Gasteiger partial charge >= 0.3 is 5.97 Å². The van der Waals surface area contributed by atoms with E-state index in [4.69, 9.17) is 27.9 Å². The SMILES string of the molecule is CCOC(=O)c1cn(Cc2cccc(Cl)c2Cl)c2cc(-c3ccncc3)ccc2c1=O. The Balaban J connectivity index is 1.95. The Bertz CT molecular complexity index is 1330. The van der Waals surface area contributed by atoms with Crippen LogP contribution >= 0.6 is 23.2 Å². The van der Waals surface area contributed by atoms with Crippen LogP contribution in [0.5, 0.6) is 0 Å². The minimum absolute atomic E-state index is 0.0239. The summed E-state index contributed by atoms with van der Waals surface area (Å²) in [6.07, 6.45) is 4.95. The molecular formula is C24H18Cl2N2O3. The van der Waals surface area contributed by atoms with Crippen molar-refractivity contribution in [1.29, 1.82) is 0 Å². The molecule has 2 heterocycles. The van der Waals surface area contributed by atoms with Crippen molar-refractivity contribution in [2.45, 2.75) is 13.5 Å². The Morgan fingerprint density at radius 3 is 2.58 bits per heavy atom. The Hall–Kier alpha value is -3.15. The number of aromatic nitrogens is 2. The van der Waals surface area contributed by atoms with Crippen LogP contribution in [0.2, 0.25) is 10.0 Å². The highest BCUT2D eigenvalue weighted by Crippen LogP contribution is 2.28. The van der Waals surface area contributed by atoms with Gasteiger partial charge in [0.25, 0.3) is 0 Å². The number of esters is 1. The van der Waals surface area contributed by atoms with Crippen molar-refractivity contribution in [3.63, 3.8) is 0 Å². The topological polar surface area (TPSA) is 61.2 Å². The number of pyridine rings is 2. The van der Waals surface area contributed by atoms with E-state index in [-0.39, 0.29) is 17.6 Å². The number of ether oxygens (including phenoxy) is 1. The smallest absolute Gasteiger partial charge is 0.343 e. The highest BCUT2D eigenvalue weighted by molar-refractivity contribution is 6.42. The molecule has 0 amide bonds. The maximum atomic E-state index is 13.0. The van der Waals surface area contributed by atoms with Gasteiger partial charge in [0.2, 0.25) is 5.43 Å². The van der Waals surface area contributed by atoms with E-state index in [1.54, 1.807) is 31.5 Å². The lowest BCUT2D eigenvalue weighted by atomic mass is 10.0. The van der Waals surface area contributed by atoms with E-state index in [2.05, 4.69) is 4.98 Å². The molecule has 7 heteroatoms. The van der Waals surface area contributed by atoms with Gasteiger partial charge in [-0.25, -0.2) is 4.79 Å². The molecule has 0 unspecified atom stereocenters. The summed E-state index contributed by atoms with van der Waals surface area (Å²) < 4.78 is 6.92. The minimum atomic E-state index is -0.654. The molecule has 31 heavy (non-hydrogen) atoms. The van der Waals surface area contributed by atoms with E-state index in [9.17, 15) is 9.59 Å². The number of halogens is 2. The van der Waals surface area contributed by atoms with Gasteiger partial charge in [0, 0.05) is 30.5 Å². The second-order valence-corrected chi connectivity index (χ2v) is 7.69. The fourth-order valence-electron chi connectivity index (χ4n) is 3.45. The van der Waals surface area contributed by atoms with Crippen LogP contribution in [0.15, 0.2) is 71.9 Å². The molecule has 0 bridgehead atoms. The molecule has 0 spiro atoms. The van der Waals surface area contributed by atoms with Gasteiger partial charge in [0.1, 0.15) is 5.56 Å². The number of nitrogens with zero attached hydrogens (tertiary/aromatic N) is 2. The van der Waals surface area contributed by atoms with Crippen LogP contribution in [0.25, 0.3) is 22.0 Å². The number of rotatable bonds is 5. The van der Waals surface area contributed by atoms with Crippen molar-refractivity contribution >= 4 is 40.1 Å². The Morgan fingerprint density at radius 2 is 1.84 bits per heavy atom. The van der Waals surface area contributed by atoms with Crippen LogP contribution in [0, 0.1) is 0 Å². The van der Waals surface area contributed by atoms with Gasteiger partial charge < -0.3 is 9.30 Å². The van der Waals surface area contributed by atoms with E-state index >= 15 is 0 Å². The molecular weight excluding hydrogens is 435 g/mol. The third-order valence-electron chi connectivity index (χ3n) is 4.96. The van der Waals surface area contributed by atoms with Gasteiger partial charge in [0.05, 0.1) is 22.2 Å². The molecule has 2 aromatic heterocycles. The quantitative estimate of drug-likeness (QED) is 0.370. The van der Waals surface area contributed by atoms with Gasteiger partial charge in [-0.15, -0.1) is 0 Å². The zero-order chi connectivity index (χ0) is 22.0. The fourth-order valence-corrected chi connectivity index (χ4v) is 3.83. The number of carbonyl (C=O) groups is 1. The molecule has 0 atom stereocenters. The second-order valence-electron chi connectivity index (χ2n) is 6.90. The standard InChI is InChI=1S/C24H18Cl2N2O3/c1-2-31-24(30)19-14-28(13-17-4-3-5-20(25)22(17)26)21-12-16(6-7-18(21)23(19)29)15-8-10-27-11-9-15/h3-12,14H,2,13H2,1H3. The van der Waals surface area contributed by atoms with Crippen molar-refractivity contribution in [2.24, 2.45) is 0 Å². The Morgan fingerprint density at radius 1 is 1.06 bits per heavy atom. The fraction of sp³-hybridized carbons (Fsp3) is 0.125. The molecule has 0 saturated heterocycles. The monoisotopic (exact) mass is 452 g/mol. The predicted molar refractivity (Wildman–Crippen MR) is 123 cm³/mol. The summed E-state index contributed by atoms with van der Waals surface area (Å²) in [4.78, 5) is 29.5. The summed E-state index contributed by atoms with van der Waals surface area (Å²) in [5.74, 6) is -0.654. The van der Waals surface area contributed by atoms with Crippen molar-refractivity contribution in [1.82, 2.24) is 9.55 Å². The summed E-state index contributed by atoms with van der Waals surface area (Å²) in [6.45, 7) is 2.20. The van der Waals surface area contributed by atoms with Crippen LogP contribution in [0.3, 0.4) is 0 Å². The summed E-state index contributed by atoms with van der Waals surface area (Å²) in [7, 11) is 0. The zero-order valence-corrected chi connectivity index (χ0v) is 18.2. The van der Waals surface area contributed by atoms with E-state index in [0.29, 0.717) is 27.5 Å². The van der Waals surface area contributed by atoms with Crippen molar-refractivity contribution in [3.05, 3.63) is 98.5 Å². The largest absolute Gasteiger partial charge is 0.462 e. The van der Waals surface area contributed by atoms with Crippen LogP contribution in [0.1, 0.15) is 22.8 Å². The number of benzene rings is 2. The van der Waals surface area contributed by atoms with Crippen LogP contribution in [-0.2, 0) is 11.3 Å². The molecule has 0 radical (unpaired) electrons. The molecule has 156 valence electrons. The highest BCUT2D eigenvalue weighted by Gasteiger charge is 2.18. The lowest BCUT2D eigenvalue weighted by molar-refractivity contribution is 0.0524. The molecule has 0 fully saturated rings. The predicted octanol–water partition coefficient (Wildman–Crippen LogP) is 5.60. The van der Waals surface area contributed by atoms with Crippen molar-refractivity contribution < 1.29 is 9.53 Å². The molecule has 0 N–H and O–H groups in total. The highest BCUT2D eigenvalue weighted by atomic mass is 35.5. The lowest BCUT2D eigenvalue weighted by Crippen LogP contribution is -2.21. The summed E-state index contributed by atoms with van der Waals surface area (Å²) >= 11 is 12.6. The molecule has 0 aliphatic rings. The first-order valence-corrected chi connectivity index (χ1v) is 10.4. The van der Waals surface area contributed by atoms with Gasteiger partial charge in [-0.3, -0.25) is 9.78 Å². The molecule has 4 rings (SSSR count). The van der Waals surface area contributed by atoms with Gasteiger partial charge in [0.15, 0.2) is 0 Å². The molecule has 0 aliphatic heterocycles. The van der Waals surface area contributed by atoms with E-state index in [1.165, 1.54) is 6.20 Å². The summed E-state index contributed by atoms with van der Waals surface area (Å²) in [6, 6.07) is 14.7. The third-order valence-corrected chi connectivity index (χ3v) is 5.82. The van der Waals surface area contributed by atoms with Crippen molar-refractivity contribution in [2.75, 3.05) is 6.61 Å². The normalized spacial score (nSPS) is 10.9. The molecule has 4 aromatic rings. The maximum absolute atomic E-state index is 13.0. The number of hydrogen-bond acceptors (Lipinski definition) is 4. The van der Waals surface area contributed by atoms with E-state index in [0.717, 1.165) is 16.7 Å². The average molecular weight is 453 g/mol. The van der Waals surface area contributed by atoms with Gasteiger partial charge in [-0.1, -0.05) is 41.4 Å². The minimum Gasteiger partial charge on any atom is -0.462 e. The molecule has 2 aromatic carbocycles. The maximum Gasteiger partial charge on any atom is 0.343 e. The summed E-state index contributed by atoms with van der Waals surface area (Å²) in [5.41, 5.74) is 2.93. The van der Waals surface area contributed by atoms with E-state index < -0.39 is 5.97 Å². The molecule has 5 nitrogen and oxygen atoms in total. The molecule has 0 saturated carbocycles. The number of fused-ring (bicyclic) bond motifs is 1. The average Bonchev–Trinajstić information content (AvgIpc) is 2.79. The molecule has 0 aliphatic carbocycles. The third kappa shape index (κ3) is 4.20. The lowest BCUT2D eigenvalue weighted by Gasteiger charge is -2.15. The number of hydrogen-bond donors (Lipinski definition) is 0. The van der Waals surface area contributed by atoms with Gasteiger partial charge in [-0.05, 0) is 53.9 Å². The number of carbonyl (C=O) groups excluding carboxylic acids is 1. The summed E-state index contributed by atoms with van der Waals surface area (Å²) in [5, 5.41) is 1.29. The zero-order valence-electron chi connectivity index (χ0n) is 16.6. The first-order valence-electron chi connectivity index (χ1n) is 9.67. The Labute approximate surface area is 188 Å².